The van der Waals surface area contributed by atoms with Crippen molar-refractivity contribution in [3.05, 3.63) is 90.0 Å². The zero-order valence-electron chi connectivity index (χ0n) is 14.8. The third kappa shape index (κ3) is 2.98. The first-order chi connectivity index (χ1) is 12.6. The van der Waals surface area contributed by atoms with Crippen LogP contribution in [-0.2, 0) is 14.9 Å². The summed E-state index contributed by atoms with van der Waals surface area (Å²) in [7, 11) is 3.12. The summed E-state index contributed by atoms with van der Waals surface area (Å²) < 4.78 is 11.1. The van der Waals surface area contributed by atoms with Crippen molar-refractivity contribution in [2.24, 2.45) is 0 Å². The standard InChI is InChI=1S/C22H22O4/c1-25-18-13-7-6-12-17(18)22(15-9-8-14-19(22)26-2)21(24)20(23)16-10-4-3-5-11-16/h3-15,19-20,23H,1-2H3. The van der Waals surface area contributed by atoms with Gasteiger partial charge in [-0.1, -0.05) is 72.8 Å². The van der Waals surface area contributed by atoms with Gasteiger partial charge in [0.1, 0.15) is 17.3 Å². The fourth-order valence-corrected chi connectivity index (χ4v) is 3.48. The van der Waals surface area contributed by atoms with Crippen molar-refractivity contribution in [2.75, 3.05) is 14.2 Å². The molecule has 3 rings (SSSR count). The molecular formula is C22H22O4. The number of para-hydroxylation sites is 1. The largest absolute Gasteiger partial charge is 0.496 e. The molecule has 0 aromatic heterocycles. The number of Topliss-reactive ketones (excluding diaryl/α,β-unsaturated/α-hetero) is 1. The lowest BCUT2D eigenvalue weighted by Gasteiger charge is -2.38. The molecule has 2 aromatic carbocycles. The van der Waals surface area contributed by atoms with Gasteiger partial charge in [-0.15, -0.1) is 0 Å². The number of ketones is 1. The molecule has 3 atom stereocenters. The van der Waals surface area contributed by atoms with Crippen LogP contribution in [0.15, 0.2) is 78.9 Å². The number of allylic oxidation sites excluding steroid dienone is 2. The third-order valence-electron chi connectivity index (χ3n) is 4.78. The number of benzene rings is 2. The van der Waals surface area contributed by atoms with Gasteiger partial charge in [-0.3, -0.25) is 4.79 Å². The minimum atomic E-state index is -1.28. The van der Waals surface area contributed by atoms with Crippen LogP contribution in [0.5, 0.6) is 5.75 Å². The normalized spacial score (nSPS) is 22.8. The second kappa shape index (κ2) is 7.68. The topological polar surface area (TPSA) is 55.8 Å². The van der Waals surface area contributed by atoms with Crippen LogP contribution in [-0.4, -0.2) is 31.2 Å². The van der Waals surface area contributed by atoms with Crippen LogP contribution in [0.25, 0.3) is 0 Å². The molecule has 4 nitrogen and oxygen atoms in total. The van der Waals surface area contributed by atoms with Crippen molar-refractivity contribution in [3.63, 3.8) is 0 Å². The zero-order chi connectivity index (χ0) is 18.6. The van der Waals surface area contributed by atoms with E-state index in [0.29, 0.717) is 16.9 Å². The van der Waals surface area contributed by atoms with Gasteiger partial charge in [-0.25, -0.2) is 0 Å². The highest BCUT2D eigenvalue weighted by atomic mass is 16.5. The van der Waals surface area contributed by atoms with Crippen molar-refractivity contribution >= 4 is 5.78 Å². The lowest BCUT2D eigenvalue weighted by atomic mass is 9.67. The van der Waals surface area contributed by atoms with Gasteiger partial charge in [0, 0.05) is 12.7 Å². The molecule has 0 aliphatic heterocycles. The maximum Gasteiger partial charge on any atom is 0.183 e. The van der Waals surface area contributed by atoms with Gasteiger partial charge in [0.2, 0.25) is 0 Å². The molecule has 26 heavy (non-hydrogen) atoms. The van der Waals surface area contributed by atoms with Gasteiger partial charge in [0.15, 0.2) is 5.78 Å². The summed E-state index contributed by atoms with van der Waals surface area (Å²) in [6.07, 6.45) is 5.40. The van der Waals surface area contributed by atoms with E-state index in [2.05, 4.69) is 0 Å². The van der Waals surface area contributed by atoms with E-state index in [-0.39, 0.29) is 5.78 Å². The lowest BCUT2D eigenvalue weighted by molar-refractivity contribution is -0.135. The first-order valence-electron chi connectivity index (χ1n) is 8.44. The Hall–Kier alpha value is -2.69. The Balaban J connectivity index is 2.17. The highest BCUT2D eigenvalue weighted by molar-refractivity contribution is 5.98. The summed E-state index contributed by atoms with van der Waals surface area (Å²) in [5.41, 5.74) is 0.0188. The molecule has 0 saturated carbocycles. The van der Waals surface area contributed by atoms with Gasteiger partial charge >= 0.3 is 0 Å². The van der Waals surface area contributed by atoms with E-state index < -0.39 is 17.6 Å². The number of ether oxygens (including phenoxy) is 2. The molecule has 0 amide bonds. The molecule has 0 heterocycles. The van der Waals surface area contributed by atoms with Crippen molar-refractivity contribution in [1.29, 1.82) is 0 Å². The highest BCUT2D eigenvalue weighted by Gasteiger charge is 2.49. The molecule has 0 radical (unpaired) electrons. The van der Waals surface area contributed by atoms with Crippen molar-refractivity contribution in [3.8, 4) is 5.75 Å². The summed E-state index contributed by atoms with van der Waals surface area (Å²) in [5.74, 6) is 0.212. The smallest absolute Gasteiger partial charge is 0.183 e. The Labute approximate surface area is 153 Å². The average molecular weight is 350 g/mol. The highest BCUT2D eigenvalue weighted by Crippen LogP contribution is 2.43. The Morgan fingerprint density at radius 1 is 1.04 bits per heavy atom. The lowest BCUT2D eigenvalue weighted by Crippen LogP contribution is -2.48. The van der Waals surface area contributed by atoms with E-state index >= 15 is 0 Å². The first-order valence-corrected chi connectivity index (χ1v) is 8.44. The Kier molecular flexibility index (Phi) is 5.35. The van der Waals surface area contributed by atoms with E-state index in [0.717, 1.165) is 0 Å². The third-order valence-corrected chi connectivity index (χ3v) is 4.78. The van der Waals surface area contributed by atoms with Crippen molar-refractivity contribution in [2.45, 2.75) is 17.6 Å². The Morgan fingerprint density at radius 2 is 1.73 bits per heavy atom. The van der Waals surface area contributed by atoms with Crippen LogP contribution in [0, 0.1) is 0 Å². The van der Waals surface area contributed by atoms with E-state index in [1.165, 1.54) is 0 Å². The summed E-state index contributed by atoms with van der Waals surface area (Å²) in [6, 6.07) is 16.3. The van der Waals surface area contributed by atoms with Gasteiger partial charge in [0.25, 0.3) is 0 Å². The minimum Gasteiger partial charge on any atom is -0.496 e. The number of aliphatic hydroxyl groups excluding tert-OH is 1. The molecule has 134 valence electrons. The number of aliphatic hydroxyl groups is 1. The second-order valence-electron chi connectivity index (χ2n) is 6.15. The van der Waals surface area contributed by atoms with Crippen molar-refractivity contribution < 1.29 is 19.4 Å². The molecule has 0 fully saturated rings. The first kappa shape index (κ1) is 18.1. The molecular weight excluding hydrogens is 328 g/mol. The predicted octanol–water partition coefficient (Wildman–Crippen LogP) is 3.38. The minimum absolute atomic E-state index is 0.361. The van der Waals surface area contributed by atoms with Crippen molar-refractivity contribution in [1.82, 2.24) is 0 Å². The monoisotopic (exact) mass is 350 g/mol. The van der Waals surface area contributed by atoms with E-state index in [4.69, 9.17) is 9.47 Å². The predicted molar refractivity (Wildman–Crippen MR) is 100 cm³/mol. The number of hydrogen-bond donors (Lipinski definition) is 1. The average Bonchev–Trinajstić information content (AvgIpc) is 2.73. The molecule has 2 aromatic rings. The summed E-state index contributed by atoms with van der Waals surface area (Å²) in [6.45, 7) is 0. The van der Waals surface area contributed by atoms with Crippen LogP contribution in [0.1, 0.15) is 17.2 Å². The van der Waals surface area contributed by atoms with Gasteiger partial charge in [-0.05, 0) is 11.6 Å². The molecule has 0 spiro atoms. The van der Waals surface area contributed by atoms with Gasteiger partial charge in [-0.2, -0.15) is 0 Å². The maximum atomic E-state index is 13.6. The molecule has 1 aliphatic carbocycles. The number of carbonyl (C=O) groups is 1. The molecule has 0 saturated heterocycles. The van der Waals surface area contributed by atoms with E-state index in [1.54, 1.807) is 56.7 Å². The van der Waals surface area contributed by atoms with Crippen LogP contribution >= 0.6 is 0 Å². The Bertz CT molecular complexity index is 825. The van der Waals surface area contributed by atoms with E-state index in [9.17, 15) is 9.90 Å². The quantitative estimate of drug-likeness (QED) is 0.868. The summed E-state index contributed by atoms with van der Waals surface area (Å²) in [5, 5.41) is 10.8. The SMILES string of the molecule is COc1ccccc1C1(C(=O)C(O)c2ccccc2)C=CC=CC1OC. The number of methoxy groups -OCH3 is 2. The fraction of sp³-hybridized carbons (Fsp3) is 0.227. The molecule has 4 heteroatoms. The Morgan fingerprint density at radius 3 is 2.42 bits per heavy atom. The molecule has 1 aliphatic rings. The fourth-order valence-electron chi connectivity index (χ4n) is 3.48. The van der Waals surface area contributed by atoms with Crippen LogP contribution in [0.2, 0.25) is 0 Å². The summed E-state index contributed by atoms with van der Waals surface area (Å²) in [4.78, 5) is 13.6. The van der Waals surface area contributed by atoms with Crippen LogP contribution in [0.3, 0.4) is 0 Å². The van der Waals surface area contributed by atoms with Gasteiger partial charge < -0.3 is 14.6 Å². The van der Waals surface area contributed by atoms with Crippen LogP contribution < -0.4 is 4.74 Å². The van der Waals surface area contributed by atoms with Gasteiger partial charge in [0.05, 0.1) is 13.2 Å². The summed E-state index contributed by atoms with van der Waals surface area (Å²) >= 11 is 0. The van der Waals surface area contributed by atoms with E-state index in [1.807, 2.05) is 36.4 Å². The molecule has 0 bridgehead atoms. The second-order valence-corrected chi connectivity index (χ2v) is 6.15. The number of carbonyl (C=O) groups excluding carboxylic acids is 1. The molecule has 1 N–H and O–H groups in total. The number of hydrogen-bond acceptors (Lipinski definition) is 4. The van der Waals surface area contributed by atoms with Crippen LogP contribution in [0.4, 0.5) is 0 Å². The zero-order valence-corrected chi connectivity index (χ0v) is 14.8. The number of rotatable bonds is 6. The maximum absolute atomic E-state index is 13.6. The molecule has 3 unspecified atom stereocenters.